The summed E-state index contributed by atoms with van der Waals surface area (Å²) < 4.78 is 0. The summed E-state index contributed by atoms with van der Waals surface area (Å²) in [6.07, 6.45) is 2.27. The van der Waals surface area contributed by atoms with Gasteiger partial charge < -0.3 is 9.80 Å². The first-order chi connectivity index (χ1) is 23.9. The maximum Gasteiger partial charge on any atom is 0.252 e. The van der Waals surface area contributed by atoms with Crippen molar-refractivity contribution in [1.82, 2.24) is 0 Å². The first-order valence-electron chi connectivity index (χ1n) is 19.2. The van der Waals surface area contributed by atoms with Crippen molar-refractivity contribution >= 4 is 57.2 Å². The van der Waals surface area contributed by atoms with Gasteiger partial charge in [-0.15, -0.1) is 0 Å². The minimum Gasteiger partial charge on any atom is -0.311 e. The topological polar surface area (TPSA) is 6.48 Å². The van der Waals surface area contributed by atoms with Crippen LogP contribution < -0.4 is 26.2 Å². The summed E-state index contributed by atoms with van der Waals surface area (Å²) in [6.45, 7) is 27.0. The molecule has 0 bridgehead atoms. The standard InChI is InChI=1S/C48H53BN2/c1-44(2,3)30-26-37-41-38(27-30)51(32-20-16-13-17-21-32)43-36(25-23-34-40(43)48(10,11)29-46(34,6)7)49(41)35-24-22-33-39(47(8,9)28-45(33,4)5)42(35)50(37)31-18-14-12-15-19-31/h12-27H,28-29H2,1-11H3. The van der Waals surface area contributed by atoms with Gasteiger partial charge in [0, 0.05) is 34.1 Å². The number of hydrogen-bond donors (Lipinski definition) is 0. The van der Waals surface area contributed by atoms with Crippen LogP contribution in [0.5, 0.6) is 0 Å². The Labute approximate surface area is 307 Å². The highest BCUT2D eigenvalue weighted by Crippen LogP contribution is 2.58. The summed E-state index contributed by atoms with van der Waals surface area (Å²) >= 11 is 0. The third-order valence-electron chi connectivity index (χ3n) is 12.9. The molecule has 0 fully saturated rings. The molecule has 3 heteroatoms. The van der Waals surface area contributed by atoms with E-state index in [0.29, 0.717) is 0 Å². The molecule has 51 heavy (non-hydrogen) atoms. The molecule has 0 spiro atoms. The Morgan fingerprint density at radius 1 is 0.510 bits per heavy atom. The number of anilines is 6. The summed E-state index contributed by atoms with van der Waals surface area (Å²) in [4.78, 5) is 5.33. The minimum atomic E-state index is -0.0495. The third-order valence-corrected chi connectivity index (χ3v) is 12.9. The molecule has 2 aliphatic heterocycles. The second kappa shape index (κ2) is 10.2. The molecule has 5 aromatic carbocycles. The molecule has 2 aliphatic carbocycles. The zero-order valence-corrected chi connectivity index (χ0v) is 32.6. The molecule has 0 saturated heterocycles. The van der Waals surface area contributed by atoms with Gasteiger partial charge in [-0.2, -0.15) is 0 Å². The molecule has 0 unspecified atom stereocenters. The third kappa shape index (κ3) is 4.49. The van der Waals surface area contributed by atoms with E-state index in [-0.39, 0.29) is 33.8 Å². The molecule has 0 atom stereocenters. The number of benzene rings is 5. The van der Waals surface area contributed by atoms with Crippen molar-refractivity contribution in [3.63, 3.8) is 0 Å². The highest BCUT2D eigenvalue weighted by atomic mass is 15.2. The summed E-state index contributed by atoms with van der Waals surface area (Å²) in [5, 5.41) is 0. The second-order valence-electron chi connectivity index (χ2n) is 19.7. The van der Waals surface area contributed by atoms with Crippen LogP contribution in [-0.2, 0) is 27.1 Å². The highest BCUT2D eigenvalue weighted by molar-refractivity contribution is 7.00. The van der Waals surface area contributed by atoms with Gasteiger partial charge in [-0.3, -0.25) is 0 Å². The van der Waals surface area contributed by atoms with Crippen LogP contribution in [0.15, 0.2) is 97.1 Å². The molecule has 2 heterocycles. The summed E-state index contributed by atoms with van der Waals surface area (Å²) in [6, 6.07) is 37.5. The van der Waals surface area contributed by atoms with Crippen LogP contribution in [0.1, 0.15) is 117 Å². The average molecular weight is 669 g/mol. The SMILES string of the molecule is CC(C)(C)c1cc2c3c(c1)N(c1ccccc1)c1c(ccc4c1C(C)(C)CC4(C)C)B3c1ccc3c(c1N2c1ccccc1)C(C)(C)CC3(C)C. The Morgan fingerprint density at radius 2 is 0.902 bits per heavy atom. The number of hydrogen-bond acceptors (Lipinski definition) is 2. The van der Waals surface area contributed by atoms with Crippen molar-refractivity contribution in [1.29, 1.82) is 0 Å². The van der Waals surface area contributed by atoms with Crippen LogP contribution in [0.4, 0.5) is 34.1 Å². The van der Waals surface area contributed by atoms with E-state index in [1.807, 2.05) is 0 Å². The number of nitrogens with zero attached hydrogens (tertiary/aromatic N) is 2. The largest absolute Gasteiger partial charge is 0.311 e. The van der Waals surface area contributed by atoms with E-state index in [1.54, 1.807) is 0 Å². The van der Waals surface area contributed by atoms with Gasteiger partial charge in [0.15, 0.2) is 0 Å². The number of para-hydroxylation sites is 2. The predicted octanol–water partition coefficient (Wildman–Crippen LogP) is 11.0. The second-order valence-corrected chi connectivity index (χ2v) is 19.7. The van der Waals surface area contributed by atoms with Crippen LogP contribution in [0, 0.1) is 0 Å². The van der Waals surface area contributed by atoms with E-state index < -0.39 is 0 Å². The predicted molar refractivity (Wildman–Crippen MR) is 221 cm³/mol. The van der Waals surface area contributed by atoms with E-state index in [9.17, 15) is 0 Å². The lowest BCUT2D eigenvalue weighted by molar-refractivity contribution is 0.403. The fourth-order valence-electron chi connectivity index (χ4n) is 11.4. The quantitative estimate of drug-likeness (QED) is 0.169. The molecule has 0 radical (unpaired) electrons. The first-order valence-corrected chi connectivity index (χ1v) is 19.2. The van der Waals surface area contributed by atoms with Crippen molar-refractivity contribution in [2.75, 3.05) is 9.80 Å². The lowest BCUT2D eigenvalue weighted by atomic mass is 9.32. The lowest BCUT2D eigenvalue weighted by Crippen LogP contribution is -2.62. The van der Waals surface area contributed by atoms with Gasteiger partial charge in [0.05, 0.1) is 0 Å². The average Bonchev–Trinajstić information content (AvgIpc) is 3.38. The van der Waals surface area contributed by atoms with Crippen molar-refractivity contribution in [2.45, 2.75) is 116 Å². The lowest BCUT2D eigenvalue weighted by Gasteiger charge is -2.47. The normalized spacial score (nSPS) is 19.6. The van der Waals surface area contributed by atoms with E-state index >= 15 is 0 Å². The fourth-order valence-corrected chi connectivity index (χ4v) is 11.4. The monoisotopic (exact) mass is 668 g/mol. The van der Waals surface area contributed by atoms with Crippen LogP contribution in [0.2, 0.25) is 0 Å². The van der Waals surface area contributed by atoms with Crippen molar-refractivity contribution < 1.29 is 0 Å². The molecule has 258 valence electrons. The fraction of sp³-hybridized carbons (Fsp3) is 0.375. The Bertz CT molecular complexity index is 2100. The Morgan fingerprint density at radius 3 is 1.27 bits per heavy atom. The van der Waals surface area contributed by atoms with E-state index in [4.69, 9.17) is 0 Å². The smallest absolute Gasteiger partial charge is 0.252 e. The molecular formula is C48H53BN2. The molecule has 0 aromatic heterocycles. The zero-order chi connectivity index (χ0) is 36.0. The van der Waals surface area contributed by atoms with Gasteiger partial charge in [0.2, 0.25) is 0 Å². The molecule has 0 N–H and O–H groups in total. The van der Waals surface area contributed by atoms with Gasteiger partial charge in [-0.05, 0) is 121 Å². The van der Waals surface area contributed by atoms with Gasteiger partial charge >= 0.3 is 0 Å². The minimum absolute atomic E-state index is 0.0245. The summed E-state index contributed by atoms with van der Waals surface area (Å²) in [7, 11) is 0. The van der Waals surface area contributed by atoms with Gasteiger partial charge in [0.25, 0.3) is 6.71 Å². The first kappa shape index (κ1) is 32.7. The van der Waals surface area contributed by atoms with Gasteiger partial charge in [0.1, 0.15) is 0 Å². The Balaban J connectivity index is 1.49. The van der Waals surface area contributed by atoms with Crippen LogP contribution in [0.25, 0.3) is 0 Å². The van der Waals surface area contributed by atoms with Gasteiger partial charge in [-0.1, -0.05) is 137 Å². The maximum atomic E-state index is 2.66. The Hall–Kier alpha value is -4.24. The van der Waals surface area contributed by atoms with Crippen molar-refractivity contribution in [3.05, 3.63) is 125 Å². The highest BCUT2D eigenvalue weighted by Gasteiger charge is 2.53. The van der Waals surface area contributed by atoms with Crippen molar-refractivity contribution in [2.24, 2.45) is 0 Å². The molecule has 4 aliphatic rings. The molecule has 0 saturated carbocycles. The van der Waals surface area contributed by atoms with Crippen LogP contribution in [-0.4, -0.2) is 6.71 Å². The number of fused-ring (bicyclic) bond motifs is 8. The van der Waals surface area contributed by atoms with Crippen molar-refractivity contribution in [3.8, 4) is 0 Å². The van der Waals surface area contributed by atoms with E-state index in [1.165, 1.54) is 78.3 Å². The Kier molecular flexibility index (Phi) is 6.54. The zero-order valence-electron chi connectivity index (χ0n) is 32.6. The molecule has 2 nitrogen and oxygen atoms in total. The molecule has 0 amide bonds. The maximum absolute atomic E-state index is 2.66. The number of rotatable bonds is 2. The molecule has 9 rings (SSSR count). The van der Waals surface area contributed by atoms with E-state index in [0.717, 1.165) is 12.8 Å². The summed E-state index contributed by atoms with van der Waals surface area (Å²) in [5.74, 6) is 0. The van der Waals surface area contributed by atoms with Crippen LogP contribution in [0.3, 0.4) is 0 Å². The summed E-state index contributed by atoms with van der Waals surface area (Å²) in [5.41, 5.74) is 19.8. The molecular weight excluding hydrogens is 615 g/mol. The van der Waals surface area contributed by atoms with Gasteiger partial charge in [-0.25, -0.2) is 0 Å². The molecule has 5 aromatic rings. The van der Waals surface area contributed by atoms with E-state index in [2.05, 4.69) is 183 Å². The van der Waals surface area contributed by atoms with Crippen LogP contribution >= 0.6 is 0 Å².